The number of halogens is 1. The zero-order valence-electron chi connectivity index (χ0n) is 10.7. The zero-order valence-corrected chi connectivity index (χ0v) is 13.1. The van der Waals surface area contributed by atoms with Gasteiger partial charge in [-0.15, -0.1) is 6.58 Å². The Hall–Kier alpha value is -0.650. The molecule has 1 aromatic rings. The molecule has 0 unspecified atom stereocenters. The highest BCUT2D eigenvalue weighted by atomic mass is 79.9. The van der Waals surface area contributed by atoms with Gasteiger partial charge in [0, 0.05) is 17.6 Å². The van der Waals surface area contributed by atoms with E-state index in [4.69, 9.17) is 0 Å². The predicted molar refractivity (Wildman–Crippen MR) is 78.1 cm³/mol. The number of hydrogen-bond acceptors (Lipinski definition) is 2. The molecule has 1 aromatic carbocycles. The Balaban J connectivity index is 3.17. The summed E-state index contributed by atoms with van der Waals surface area (Å²) in [6.45, 7) is 8.28. The third kappa shape index (κ3) is 3.43. The molecule has 18 heavy (non-hydrogen) atoms. The van der Waals surface area contributed by atoms with Gasteiger partial charge in [-0.2, -0.15) is 4.31 Å². The Morgan fingerprint density at radius 3 is 2.61 bits per heavy atom. The number of rotatable bonds is 6. The topological polar surface area (TPSA) is 37.4 Å². The van der Waals surface area contributed by atoms with E-state index in [0.29, 0.717) is 18.0 Å². The van der Waals surface area contributed by atoms with Crippen molar-refractivity contribution >= 4 is 26.0 Å². The van der Waals surface area contributed by atoms with Crippen molar-refractivity contribution < 1.29 is 8.42 Å². The molecule has 0 fully saturated rings. The Kier molecular flexibility index (Phi) is 5.56. The second kappa shape index (κ2) is 6.50. The van der Waals surface area contributed by atoms with E-state index < -0.39 is 10.0 Å². The minimum Gasteiger partial charge on any atom is -0.207 e. The van der Waals surface area contributed by atoms with Crippen LogP contribution in [0.25, 0.3) is 0 Å². The van der Waals surface area contributed by atoms with Crippen LogP contribution in [0.1, 0.15) is 18.9 Å². The average Bonchev–Trinajstić information content (AvgIpc) is 2.32. The van der Waals surface area contributed by atoms with Crippen LogP contribution in [0.3, 0.4) is 0 Å². The van der Waals surface area contributed by atoms with E-state index in [2.05, 4.69) is 22.5 Å². The lowest BCUT2D eigenvalue weighted by Gasteiger charge is -2.20. The van der Waals surface area contributed by atoms with Gasteiger partial charge < -0.3 is 0 Å². The molecule has 0 radical (unpaired) electrons. The van der Waals surface area contributed by atoms with Gasteiger partial charge in [0.15, 0.2) is 0 Å². The maximum Gasteiger partial charge on any atom is 0.243 e. The minimum absolute atomic E-state index is 0.332. The first-order valence-corrected chi connectivity index (χ1v) is 8.04. The first-order chi connectivity index (χ1) is 8.43. The molecule has 100 valence electrons. The molecular weight excluding hydrogens is 314 g/mol. The summed E-state index contributed by atoms with van der Waals surface area (Å²) < 4.78 is 27.2. The summed E-state index contributed by atoms with van der Waals surface area (Å²) in [5, 5.41) is 0. The van der Waals surface area contributed by atoms with E-state index in [1.165, 1.54) is 4.31 Å². The number of aryl methyl sites for hydroxylation is 1. The summed E-state index contributed by atoms with van der Waals surface area (Å²) in [7, 11) is -3.42. The van der Waals surface area contributed by atoms with E-state index in [9.17, 15) is 8.42 Å². The molecule has 0 aliphatic heterocycles. The fraction of sp³-hybridized carbons (Fsp3) is 0.385. The first-order valence-electron chi connectivity index (χ1n) is 5.80. The summed E-state index contributed by atoms with van der Waals surface area (Å²) in [5.41, 5.74) is 0.908. The smallest absolute Gasteiger partial charge is 0.207 e. The van der Waals surface area contributed by atoms with Crippen LogP contribution in [0.4, 0.5) is 0 Å². The molecule has 0 amide bonds. The summed E-state index contributed by atoms with van der Waals surface area (Å²) in [6.07, 6.45) is 2.39. The monoisotopic (exact) mass is 331 g/mol. The predicted octanol–water partition coefficient (Wildman–Crippen LogP) is 3.34. The minimum atomic E-state index is -3.42. The van der Waals surface area contributed by atoms with Crippen LogP contribution in [-0.2, 0) is 10.0 Å². The van der Waals surface area contributed by atoms with Crippen molar-refractivity contribution in [2.24, 2.45) is 0 Å². The standard InChI is InChI=1S/C13H18BrNO2S/c1-4-8-15(9-5-2)18(16,17)12-6-7-13(14)11(3)10-12/h4,6-7,10H,1,5,8-9H2,2-3H3. The largest absolute Gasteiger partial charge is 0.243 e. The van der Waals surface area contributed by atoms with Gasteiger partial charge >= 0.3 is 0 Å². The highest BCUT2D eigenvalue weighted by Gasteiger charge is 2.22. The van der Waals surface area contributed by atoms with Gasteiger partial charge in [-0.05, 0) is 37.1 Å². The molecule has 5 heteroatoms. The Morgan fingerprint density at radius 1 is 1.44 bits per heavy atom. The highest BCUT2D eigenvalue weighted by molar-refractivity contribution is 9.10. The quantitative estimate of drug-likeness (QED) is 0.749. The van der Waals surface area contributed by atoms with Crippen molar-refractivity contribution in [1.29, 1.82) is 0 Å². The highest BCUT2D eigenvalue weighted by Crippen LogP contribution is 2.22. The van der Waals surface area contributed by atoms with Gasteiger partial charge in [0.25, 0.3) is 0 Å². The summed E-state index contributed by atoms with van der Waals surface area (Å²) in [5.74, 6) is 0. The lowest BCUT2D eigenvalue weighted by molar-refractivity contribution is 0.441. The van der Waals surface area contributed by atoms with Gasteiger partial charge in [0.2, 0.25) is 10.0 Å². The Labute approximate surface area is 118 Å². The molecular formula is C13H18BrNO2S. The fourth-order valence-corrected chi connectivity index (χ4v) is 3.46. The Bertz CT molecular complexity index is 526. The first kappa shape index (κ1) is 15.4. The van der Waals surface area contributed by atoms with E-state index in [-0.39, 0.29) is 0 Å². The van der Waals surface area contributed by atoms with Crippen LogP contribution in [0, 0.1) is 6.92 Å². The van der Waals surface area contributed by atoms with Gasteiger partial charge in [-0.25, -0.2) is 8.42 Å². The van der Waals surface area contributed by atoms with Crippen LogP contribution in [0.15, 0.2) is 40.2 Å². The van der Waals surface area contributed by atoms with Gasteiger partial charge in [0.05, 0.1) is 4.90 Å². The average molecular weight is 332 g/mol. The summed E-state index contributed by atoms with van der Waals surface area (Å²) >= 11 is 3.37. The molecule has 0 atom stereocenters. The van der Waals surface area contributed by atoms with Crippen molar-refractivity contribution in [3.05, 3.63) is 40.9 Å². The third-order valence-corrected chi connectivity index (χ3v) is 5.32. The van der Waals surface area contributed by atoms with Crippen molar-refractivity contribution in [3.63, 3.8) is 0 Å². The zero-order chi connectivity index (χ0) is 13.8. The summed E-state index contributed by atoms with van der Waals surface area (Å²) in [4.78, 5) is 0.332. The molecule has 0 saturated heterocycles. The molecule has 0 saturated carbocycles. The van der Waals surface area contributed by atoms with E-state index in [1.54, 1.807) is 24.3 Å². The van der Waals surface area contributed by atoms with Gasteiger partial charge in [-0.1, -0.05) is 28.9 Å². The van der Waals surface area contributed by atoms with Crippen LogP contribution >= 0.6 is 15.9 Å². The van der Waals surface area contributed by atoms with Gasteiger partial charge in [-0.3, -0.25) is 0 Å². The lowest BCUT2D eigenvalue weighted by atomic mass is 10.2. The van der Waals surface area contributed by atoms with Crippen molar-refractivity contribution in [1.82, 2.24) is 4.31 Å². The van der Waals surface area contributed by atoms with E-state index >= 15 is 0 Å². The second-order valence-corrected chi connectivity index (χ2v) is 6.85. The lowest BCUT2D eigenvalue weighted by Crippen LogP contribution is -2.32. The maximum absolute atomic E-state index is 12.4. The number of benzene rings is 1. The van der Waals surface area contributed by atoms with Crippen molar-refractivity contribution in [3.8, 4) is 0 Å². The number of hydrogen-bond donors (Lipinski definition) is 0. The molecule has 3 nitrogen and oxygen atoms in total. The fourth-order valence-electron chi connectivity index (χ4n) is 1.63. The molecule has 0 aliphatic carbocycles. The van der Waals surface area contributed by atoms with Crippen LogP contribution in [-0.4, -0.2) is 25.8 Å². The van der Waals surface area contributed by atoms with E-state index in [1.807, 2.05) is 13.8 Å². The molecule has 0 aromatic heterocycles. The van der Waals surface area contributed by atoms with Crippen molar-refractivity contribution in [2.45, 2.75) is 25.2 Å². The number of nitrogens with zero attached hydrogens (tertiary/aromatic N) is 1. The summed E-state index contributed by atoms with van der Waals surface area (Å²) in [6, 6.07) is 5.07. The number of sulfonamides is 1. The SMILES string of the molecule is C=CCN(CCC)S(=O)(=O)c1ccc(Br)c(C)c1. The molecule has 0 bridgehead atoms. The van der Waals surface area contributed by atoms with Crippen LogP contribution in [0.2, 0.25) is 0 Å². The molecule has 0 aliphatic rings. The van der Waals surface area contributed by atoms with Crippen molar-refractivity contribution in [2.75, 3.05) is 13.1 Å². The Morgan fingerprint density at radius 2 is 2.11 bits per heavy atom. The molecule has 1 rings (SSSR count). The van der Waals surface area contributed by atoms with Crippen LogP contribution in [0.5, 0.6) is 0 Å². The normalized spacial score (nSPS) is 11.8. The molecule has 0 spiro atoms. The molecule has 0 heterocycles. The maximum atomic E-state index is 12.4. The third-order valence-electron chi connectivity index (χ3n) is 2.57. The van der Waals surface area contributed by atoms with E-state index in [0.717, 1.165) is 16.5 Å². The molecule has 0 N–H and O–H groups in total. The van der Waals surface area contributed by atoms with Gasteiger partial charge in [0.1, 0.15) is 0 Å². The second-order valence-electron chi connectivity index (χ2n) is 4.06. The van der Waals surface area contributed by atoms with Crippen LogP contribution < -0.4 is 0 Å².